The molecule has 0 spiro atoms. The molecule has 0 aliphatic heterocycles. The highest BCUT2D eigenvalue weighted by molar-refractivity contribution is 5.91. The molecule has 25 heavy (non-hydrogen) atoms. The molecule has 0 radical (unpaired) electrons. The van der Waals surface area contributed by atoms with Gasteiger partial charge in [-0.2, -0.15) is 0 Å². The smallest absolute Gasteiger partial charge is 0.308 e. The molecule has 7 nitrogen and oxygen atoms in total. The average Bonchev–Trinajstić information content (AvgIpc) is 3.35. The Morgan fingerprint density at radius 2 is 2.16 bits per heavy atom. The van der Waals surface area contributed by atoms with Crippen molar-refractivity contribution in [3.63, 3.8) is 0 Å². The maximum Gasteiger partial charge on any atom is 0.308 e. The Bertz CT molecular complexity index is 766. The van der Waals surface area contributed by atoms with Gasteiger partial charge >= 0.3 is 5.97 Å². The number of aliphatic carboxylic acids is 1. The highest BCUT2D eigenvalue weighted by Gasteiger charge is 2.28. The van der Waals surface area contributed by atoms with Crippen LogP contribution >= 0.6 is 0 Å². The number of hydrogen-bond acceptors (Lipinski definition) is 5. The normalized spacial score (nSPS) is 14.8. The first kappa shape index (κ1) is 17.0. The van der Waals surface area contributed by atoms with Crippen molar-refractivity contribution in [1.29, 1.82) is 0 Å². The van der Waals surface area contributed by atoms with Crippen LogP contribution in [0.2, 0.25) is 0 Å². The zero-order valence-corrected chi connectivity index (χ0v) is 13.9. The number of benzene rings is 1. The molecule has 7 heteroatoms. The summed E-state index contributed by atoms with van der Waals surface area (Å²) in [5.74, 6) is -1.07. The molecule has 1 fully saturated rings. The van der Waals surface area contributed by atoms with Gasteiger partial charge in [-0.1, -0.05) is 23.4 Å². The minimum Gasteiger partial charge on any atom is -0.496 e. The third-order valence-electron chi connectivity index (χ3n) is 4.26. The van der Waals surface area contributed by atoms with Crippen molar-refractivity contribution in [1.82, 2.24) is 10.5 Å². The van der Waals surface area contributed by atoms with Crippen molar-refractivity contribution in [3.8, 4) is 5.75 Å². The van der Waals surface area contributed by atoms with Crippen LogP contribution in [0.5, 0.6) is 5.75 Å². The SMILES string of the molecule is COc1ccccc1CC(CNC(=O)c1cc(C2CC2)no1)C(=O)O. The fourth-order valence-corrected chi connectivity index (χ4v) is 2.65. The lowest BCUT2D eigenvalue weighted by atomic mass is 9.98. The quantitative estimate of drug-likeness (QED) is 0.761. The van der Waals surface area contributed by atoms with Crippen molar-refractivity contribution in [2.75, 3.05) is 13.7 Å². The molecule has 1 unspecified atom stereocenters. The Kier molecular flexibility index (Phi) is 5.02. The monoisotopic (exact) mass is 344 g/mol. The fraction of sp³-hybridized carbons (Fsp3) is 0.389. The molecular weight excluding hydrogens is 324 g/mol. The van der Waals surface area contributed by atoms with Crippen molar-refractivity contribution >= 4 is 11.9 Å². The van der Waals surface area contributed by atoms with Crippen LogP contribution < -0.4 is 10.1 Å². The lowest BCUT2D eigenvalue weighted by Crippen LogP contribution is -2.34. The molecule has 1 saturated carbocycles. The number of carbonyl (C=O) groups excluding carboxylic acids is 1. The summed E-state index contributed by atoms with van der Waals surface area (Å²) in [6, 6.07) is 8.86. The summed E-state index contributed by atoms with van der Waals surface area (Å²) in [5, 5.41) is 15.9. The largest absolute Gasteiger partial charge is 0.496 e. The summed E-state index contributed by atoms with van der Waals surface area (Å²) in [5.41, 5.74) is 1.57. The number of ether oxygens (including phenoxy) is 1. The Labute approximate surface area is 145 Å². The number of methoxy groups -OCH3 is 1. The number of amides is 1. The van der Waals surface area contributed by atoms with E-state index in [-0.39, 0.29) is 18.7 Å². The fourth-order valence-electron chi connectivity index (χ4n) is 2.65. The van der Waals surface area contributed by atoms with Crippen molar-refractivity contribution < 1.29 is 24.0 Å². The summed E-state index contributed by atoms with van der Waals surface area (Å²) >= 11 is 0. The summed E-state index contributed by atoms with van der Waals surface area (Å²) in [7, 11) is 1.54. The average molecular weight is 344 g/mol. The van der Waals surface area contributed by atoms with Gasteiger partial charge in [0.05, 0.1) is 18.7 Å². The zero-order chi connectivity index (χ0) is 17.8. The van der Waals surface area contributed by atoms with Gasteiger partial charge < -0.3 is 19.7 Å². The summed E-state index contributed by atoms with van der Waals surface area (Å²) in [6.07, 6.45) is 2.38. The lowest BCUT2D eigenvalue weighted by Gasteiger charge is -2.15. The van der Waals surface area contributed by atoms with E-state index in [2.05, 4.69) is 10.5 Å². The second-order valence-electron chi connectivity index (χ2n) is 6.15. The Hall–Kier alpha value is -2.83. The number of carboxylic acid groups (broad SMARTS) is 1. The predicted octanol–water partition coefficient (Wildman–Crippen LogP) is 2.23. The van der Waals surface area contributed by atoms with Crippen LogP contribution in [0.3, 0.4) is 0 Å². The van der Waals surface area contributed by atoms with Gasteiger partial charge in [0.1, 0.15) is 5.75 Å². The standard InChI is InChI=1S/C18H20N2O5/c1-24-15-5-3-2-4-12(15)8-13(18(22)23)10-19-17(21)16-9-14(20-25-16)11-6-7-11/h2-5,9,11,13H,6-8,10H2,1H3,(H,19,21)(H,22,23). The second-order valence-corrected chi connectivity index (χ2v) is 6.15. The number of nitrogens with zero attached hydrogens (tertiary/aromatic N) is 1. The Morgan fingerprint density at radius 3 is 2.84 bits per heavy atom. The van der Waals surface area contributed by atoms with Crippen molar-refractivity contribution in [3.05, 3.63) is 47.3 Å². The number of hydrogen-bond donors (Lipinski definition) is 2. The van der Waals surface area contributed by atoms with E-state index in [0.29, 0.717) is 11.7 Å². The molecule has 0 bridgehead atoms. The summed E-state index contributed by atoms with van der Waals surface area (Å²) in [6.45, 7) is -0.00826. The predicted molar refractivity (Wildman–Crippen MR) is 88.6 cm³/mol. The van der Waals surface area contributed by atoms with E-state index in [0.717, 1.165) is 24.1 Å². The van der Waals surface area contributed by atoms with Crippen molar-refractivity contribution in [2.24, 2.45) is 5.92 Å². The van der Waals surface area contributed by atoms with Crippen LogP contribution in [0.25, 0.3) is 0 Å². The molecule has 2 aromatic rings. The van der Waals surface area contributed by atoms with Crippen molar-refractivity contribution in [2.45, 2.75) is 25.2 Å². The number of nitrogens with one attached hydrogen (secondary N) is 1. The van der Waals surface area contributed by atoms with Gasteiger partial charge in [0.15, 0.2) is 0 Å². The molecule has 1 heterocycles. The molecule has 1 aliphatic carbocycles. The number of rotatable bonds is 8. The van der Waals surface area contributed by atoms with Gasteiger partial charge in [-0.05, 0) is 30.9 Å². The Balaban J connectivity index is 1.61. The van der Waals surface area contributed by atoms with Crippen LogP contribution in [0.15, 0.2) is 34.9 Å². The number of carboxylic acids is 1. The number of carbonyl (C=O) groups is 2. The molecule has 0 saturated heterocycles. The third kappa shape index (κ3) is 4.17. The second kappa shape index (κ2) is 7.38. The van der Waals surface area contributed by atoms with Gasteiger partial charge in [-0.25, -0.2) is 0 Å². The molecular formula is C18H20N2O5. The molecule has 1 aliphatic rings. The molecule has 1 atom stereocenters. The van der Waals surface area contributed by atoms with E-state index in [9.17, 15) is 14.7 Å². The highest BCUT2D eigenvalue weighted by atomic mass is 16.5. The maximum atomic E-state index is 12.1. The van der Waals surface area contributed by atoms with Gasteiger partial charge in [0.25, 0.3) is 5.91 Å². The molecule has 3 rings (SSSR count). The zero-order valence-electron chi connectivity index (χ0n) is 13.9. The lowest BCUT2D eigenvalue weighted by molar-refractivity contribution is -0.141. The third-order valence-corrected chi connectivity index (χ3v) is 4.26. The van der Waals surface area contributed by atoms with E-state index in [1.165, 1.54) is 7.11 Å². The van der Waals surface area contributed by atoms with Crippen LogP contribution in [0.1, 0.15) is 40.6 Å². The summed E-state index contributed by atoms with van der Waals surface area (Å²) < 4.78 is 10.3. The van der Waals surface area contributed by atoms with Crippen LogP contribution in [-0.2, 0) is 11.2 Å². The molecule has 1 amide bonds. The number of aromatic nitrogens is 1. The Morgan fingerprint density at radius 1 is 1.40 bits per heavy atom. The number of para-hydroxylation sites is 1. The molecule has 132 valence electrons. The van der Waals surface area contributed by atoms with Gasteiger partial charge in [-0.3, -0.25) is 9.59 Å². The van der Waals surface area contributed by atoms with Crippen LogP contribution in [0, 0.1) is 5.92 Å². The van der Waals surface area contributed by atoms with E-state index in [1.807, 2.05) is 18.2 Å². The summed E-state index contributed by atoms with van der Waals surface area (Å²) in [4.78, 5) is 23.7. The molecule has 2 N–H and O–H groups in total. The molecule has 1 aromatic carbocycles. The first-order valence-corrected chi connectivity index (χ1v) is 8.18. The van der Waals surface area contributed by atoms with Crippen LogP contribution in [0.4, 0.5) is 0 Å². The first-order valence-electron chi connectivity index (χ1n) is 8.18. The van der Waals surface area contributed by atoms with E-state index >= 15 is 0 Å². The minimum atomic E-state index is -0.984. The van der Waals surface area contributed by atoms with Gasteiger partial charge in [-0.15, -0.1) is 0 Å². The van der Waals surface area contributed by atoms with E-state index < -0.39 is 17.8 Å². The minimum absolute atomic E-state index is 0.00826. The first-order chi connectivity index (χ1) is 12.1. The van der Waals surface area contributed by atoms with Crippen LogP contribution in [-0.4, -0.2) is 35.8 Å². The maximum absolute atomic E-state index is 12.1. The molecule has 1 aromatic heterocycles. The van der Waals surface area contributed by atoms with Gasteiger partial charge in [0.2, 0.25) is 5.76 Å². The van der Waals surface area contributed by atoms with Gasteiger partial charge in [0, 0.05) is 18.5 Å². The topological polar surface area (TPSA) is 102 Å². The van der Waals surface area contributed by atoms with E-state index in [1.54, 1.807) is 12.1 Å². The highest BCUT2D eigenvalue weighted by Crippen LogP contribution is 2.39. The van der Waals surface area contributed by atoms with E-state index in [4.69, 9.17) is 9.26 Å².